The number of halogens is 1. The Balaban J connectivity index is 1.88. The minimum atomic E-state index is -0.507. The Labute approximate surface area is 104 Å². The molecule has 2 rings (SSSR count). The Hall–Kier alpha value is -0.320. The smallest absolute Gasteiger partial charge is 0.134 e. The van der Waals surface area contributed by atoms with Crippen LogP contribution in [0.25, 0.3) is 0 Å². The van der Waals surface area contributed by atoms with Crippen molar-refractivity contribution in [3.63, 3.8) is 0 Å². The molecule has 0 saturated heterocycles. The quantitative estimate of drug-likeness (QED) is 0.895. The number of hydrogen-bond donors (Lipinski definition) is 2. The second kappa shape index (κ2) is 4.90. The first-order chi connectivity index (χ1) is 7.61. The van der Waals surface area contributed by atoms with Crippen molar-refractivity contribution in [3.8, 4) is 0 Å². The van der Waals surface area contributed by atoms with E-state index < -0.39 is 5.60 Å². The van der Waals surface area contributed by atoms with Crippen LogP contribution in [-0.2, 0) is 0 Å². The molecule has 0 bridgehead atoms. The highest BCUT2D eigenvalue weighted by Gasteiger charge is 2.31. The van der Waals surface area contributed by atoms with Crippen LogP contribution in [0.2, 0.25) is 0 Å². The molecule has 16 heavy (non-hydrogen) atoms. The Kier molecular flexibility index (Phi) is 3.72. The number of aliphatic hydroxyl groups is 1. The maximum atomic E-state index is 10.2. The van der Waals surface area contributed by atoms with Crippen molar-refractivity contribution in [2.45, 2.75) is 44.2 Å². The van der Waals surface area contributed by atoms with Crippen LogP contribution in [-0.4, -0.2) is 17.3 Å². The summed E-state index contributed by atoms with van der Waals surface area (Å²) in [6, 6.07) is 2.01. The van der Waals surface area contributed by atoms with Gasteiger partial charge in [-0.1, -0.05) is 12.8 Å². The average molecular weight is 288 g/mol. The number of hydrogen-bond acceptors (Lipinski definition) is 3. The van der Waals surface area contributed by atoms with E-state index in [0.717, 1.165) is 35.9 Å². The number of nitrogens with one attached hydrogen (secondary N) is 1. The first kappa shape index (κ1) is 12.1. The molecular weight excluding hydrogens is 270 g/mol. The lowest BCUT2D eigenvalue weighted by Gasteiger charge is -2.24. The first-order valence-corrected chi connectivity index (χ1v) is 6.59. The van der Waals surface area contributed by atoms with Crippen molar-refractivity contribution in [3.05, 3.63) is 22.6 Å². The van der Waals surface area contributed by atoms with Gasteiger partial charge in [-0.05, 0) is 41.8 Å². The van der Waals surface area contributed by atoms with Gasteiger partial charge in [0.2, 0.25) is 0 Å². The van der Waals surface area contributed by atoms with Crippen molar-refractivity contribution in [1.82, 2.24) is 5.32 Å². The highest BCUT2D eigenvalue weighted by Crippen LogP contribution is 2.30. The summed E-state index contributed by atoms with van der Waals surface area (Å²) in [6.07, 6.45) is 5.76. The minimum absolute atomic E-state index is 0.119. The molecule has 0 aliphatic heterocycles. The molecule has 90 valence electrons. The predicted molar refractivity (Wildman–Crippen MR) is 66.2 cm³/mol. The molecular formula is C12H18BrNO2. The van der Waals surface area contributed by atoms with E-state index >= 15 is 0 Å². The van der Waals surface area contributed by atoms with Gasteiger partial charge in [0.15, 0.2) is 0 Å². The van der Waals surface area contributed by atoms with Gasteiger partial charge >= 0.3 is 0 Å². The van der Waals surface area contributed by atoms with Gasteiger partial charge in [-0.3, -0.25) is 0 Å². The fraction of sp³-hybridized carbons (Fsp3) is 0.667. The van der Waals surface area contributed by atoms with Gasteiger partial charge in [-0.2, -0.15) is 0 Å². The average Bonchev–Trinajstić information content (AvgIpc) is 2.85. The Morgan fingerprint density at radius 2 is 2.25 bits per heavy atom. The van der Waals surface area contributed by atoms with E-state index in [1.165, 1.54) is 0 Å². The second-order valence-electron chi connectivity index (χ2n) is 4.67. The zero-order valence-electron chi connectivity index (χ0n) is 9.50. The summed E-state index contributed by atoms with van der Waals surface area (Å²) in [4.78, 5) is 0. The molecule has 1 aliphatic carbocycles. The molecule has 1 atom stereocenters. The predicted octanol–water partition coefficient (Wildman–Crippen LogP) is 3.00. The van der Waals surface area contributed by atoms with E-state index in [1.54, 1.807) is 6.26 Å². The third-order valence-corrected chi connectivity index (χ3v) is 3.96. The summed E-state index contributed by atoms with van der Waals surface area (Å²) in [7, 11) is 0. The molecule has 0 aromatic carbocycles. The summed E-state index contributed by atoms with van der Waals surface area (Å²) in [5.41, 5.74) is -0.507. The van der Waals surface area contributed by atoms with Crippen molar-refractivity contribution in [2.75, 3.05) is 6.54 Å². The maximum Gasteiger partial charge on any atom is 0.134 e. The van der Waals surface area contributed by atoms with Gasteiger partial charge < -0.3 is 14.8 Å². The molecule has 0 amide bonds. The van der Waals surface area contributed by atoms with E-state index in [9.17, 15) is 5.11 Å². The summed E-state index contributed by atoms with van der Waals surface area (Å²) < 4.78 is 6.36. The van der Waals surface area contributed by atoms with Crippen LogP contribution in [0.4, 0.5) is 0 Å². The van der Waals surface area contributed by atoms with Gasteiger partial charge in [0.05, 0.1) is 22.4 Å². The number of rotatable bonds is 4. The van der Waals surface area contributed by atoms with E-state index in [4.69, 9.17) is 4.42 Å². The third-order valence-electron chi connectivity index (χ3n) is 3.31. The maximum absolute atomic E-state index is 10.2. The molecule has 1 saturated carbocycles. The third kappa shape index (κ3) is 2.67. The molecule has 2 N–H and O–H groups in total. The largest absolute Gasteiger partial charge is 0.466 e. The van der Waals surface area contributed by atoms with Gasteiger partial charge in [-0.25, -0.2) is 0 Å². The standard InChI is InChI=1S/C12H18BrNO2/c1-9(11-10(13)4-7-16-11)14-8-12(15)5-2-3-6-12/h4,7,9,14-15H,2-3,5-6,8H2,1H3. The van der Waals surface area contributed by atoms with Crippen LogP contribution >= 0.6 is 15.9 Å². The molecule has 0 radical (unpaired) electrons. The van der Waals surface area contributed by atoms with Crippen molar-refractivity contribution in [2.24, 2.45) is 0 Å². The lowest BCUT2D eigenvalue weighted by molar-refractivity contribution is 0.0447. The first-order valence-electron chi connectivity index (χ1n) is 5.79. The highest BCUT2D eigenvalue weighted by molar-refractivity contribution is 9.10. The monoisotopic (exact) mass is 287 g/mol. The molecule has 1 aromatic heterocycles. The summed E-state index contributed by atoms with van der Waals surface area (Å²) in [6.45, 7) is 2.68. The van der Waals surface area contributed by atoms with Crippen LogP contribution in [0.1, 0.15) is 44.4 Å². The van der Waals surface area contributed by atoms with Crippen LogP contribution in [0.15, 0.2) is 21.2 Å². The van der Waals surface area contributed by atoms with Crippen molar-refractivity contribution < 1.29 is 9.52 Å². The van der Waals surface area contributed by atoms with E-state index in [1.807, 2.05) is 13.0 Å². The van der Waals surface area contributed by atoms with Gasteiger partial charge in [-0.15, -0.1) is 0 Å². The normalized spacial score (nSPS) is 21.2. The fourth-order valence-electron chi connectivity index (χ4n) is 2.26. The summed E-state index contributed by atoms with van der Waals surface area (Å²) in [5.74, 6) is 0.890. The highest BCUT2D eigenvalue weighted by atomic mass is 79.9. The Morgan fingerprint density at radius 3 is 2.81 bits per heavy atom. The molecule has 1 fully saturated rings. The Morgan fingerprint density at radius 1 is 1.56 bits per heavy atom. The lowest BCUT2D eigenvalue weighted by atomic mass is 10.0. The molecule has 1 heterocycles. The molecule has 1 aliphatic rings. The molecule has 1 unspecified atom stereocenters. The van der Waals surface area contributed by atoms with Crippen LogP contribution < -0.4 is 5.32 Å². The summed E-state index contributed by atoms with van der Waals surface area (Å²) in [5, 5.41) is 13.5. The summed E-state index contributed by atoms with van der Waals surface area (Å²) >= 11 is 3.44. The topological polar surface area (TPSA) is 45.4 Å². The molecule has 0 spiro atoms. The second-order valence-corrected chi connectivity index (χ2v) is 5.52. The molecule has 4 heteroatoms. The molecule has 3 nitrogen and oxygen atoms in total. The zero-order valence-corrected chi connectivity index (χ0v) is 11.1. The fourth-order valence-corrected chi connectivity index (χ4v) is 2.80. The molecule has 1 aromatic rings. The van der Waals surface area contributed by atoms with Gasteiger partial charge in [0.25, 0.3) is 0 Å². The Bertz CT molecular complexity index is 345. The van der Waals surface area contributed by atoms with Gasteiger partial charge in [0, 0.05) is 6.54 Å². The van der Waals surface area contributed by atoms with Gasteiger partial charge in [0.1, 0.15) is 5.76 Å². The zero-order chi connectivity index (χ0) is 11.6. The van der Waals surface area contributed by atoms with Crippen molar-refractivity contribution in [1.29, 1.82) is 0 Å². The van der Waals surface area contributed by atoms with E-state index in [0.29, 0.717) is 6.54 Å². The van der Waals surface area contributed by atoms with Crippen LogP contribution in [0, 0.1) is 0 Å². The van der Waals surface area contributed by atoms with E-state index in [-0.39, 0.29) is 6.04 Å². The SMILES string of the molecule is CC(NCC1(O)CCCC1)c1occc1Br. The minimum Gasteiger partial charge on any atom is -0.466 e. The van der Waals surface area contributed by atoms with Crippen LogP contribution in [0.5, 0.6) is 0 Å². The van der Waals surface area contributed by atoms with Crippen molar-refractivity contribution >= 4 is 15.9 Å². The van der Waals surface area contributed by atoms with E-state index in [2.05, 4.69) is 21.2 Å². The lowest BCUT2D eigenvalue weighted by Crippen LogP contribution is -2.39. The van der Waals surface area contributed by atoms with Crippen LogP contribution in [0.3, 0.4) is 0 Å². The number of furan rings is 1.